The van der Waals surface area contributed by atoms with Crippen LogP contribution in [0.25, 0.3) is 11.1 Å². The second kappa shape index (κ2) is 2.50. The van der Waals surface area contributed by atoms with Crippen molar-refractivity contribution in [1.82, 2.24) is 4.98 Å². The summed E-state index contributed by atoms with van der Waals surface area (Å²) in [6, 6.07) is 3.61. The van der Waals surface area contributed by atoms with Crippen LogP contribution >= 0.6 is 27.5 Å². The van der Waals surface area contributed by atoms with Gasteiger partial charge in [0.2, 0.25) is 0 Å². The molecule has 0 aliphatic heterocycles. The first-order chi connectivity index (χ1) is 5.27. The highest BCUT2D eigenvalue weighted by molar-refractivity contribution is 9.10. The number of hydrogen-bond donors (Lipinski definition) is 0. The molecule has 2 nitrogen and oxygen atoms in total. The third-order valence-electron chi connectivity index (χ3n) is 1.35. The van der Waals surface area contributed by atoms with Crippen LogP contribution in [-0.2, 0) is 0 Å². The number of fused-ring (bicyclic) bond motifs is 1. The molecule has 0 atom stereocenters. The van der Waals surface area contributed by atoms with Crippen molar-refractivity contribution in [3.8, 4) is 0 Å². The summed E-state index contributed by atoms with van der Waals surface area (Å²) in [5.41, 5.74) is 1.40. The Labute approximate surface area is 76.3 Å². The van der Waals surface area contributed by atoms with Gasteiger partial charge in [0.15, 0.2) is 12.0 Å². The number of oxazole rings is 1. The minimum atomic E-state index is 0.600. The van der Waals surface area contributed by atoms with Crippen molar-refractivity contribution < 1.29 is 4.42 Å². The zero-order valence-corrected chi connectivity index (χ0v) is 7.69. The fourth-order valence-electron chi connectivity index (χ4n) is 0.893. The molecule has 2 aromatic rings. The fraction of sp³-hybridized carbons (Fsp3) is 0. The molecule has 0 amide bonds. The highest BCUT2D eigenvalue weighted by Crippen LogP contribution is 2.26. The number of hydrogen-bond acceptors (Lipinski definition) is 2. The molecule has 0 saturated carbocycles. The average Bonchev–Trinajstić information content (AvgIpc) is 2.34. The normalized spacial score (nSPS) is 10.7. The summed E-state index contributed by atoms with van der Waals surface area (Å²) in [5.74, 6) is 0. The van der Waals surface area contributed by atoms with Gasteiger partial charge in [0.1, 0.15) is 5.52 Å². The maximum atomic E-state index is 5.85. The summed E-state index contributed by atoms with van der Waals surface area (Å²) in [4.78, 5) is 3.94. The SMILES string of the molecule is Clc1cc(Br)cc2ocnc12. The predicted octanol–water partition coefficient (Wildman–Crippen LogP) is 3.24. The van der Waals surface area contributed by atoms with Gasteiger partial charge in [-0.05, 0) is 12.1 Å². The topological polar surface area (TPSA) is 26.0 Å². The zero-order valence-electron chi connectivity index (χ0n) is 5.34. The van der Waals surface area contributed by atoms with E-state index in [2.05, 4.69) is 20.9 Å². The molecular formula is C7H3BrClNO. The number of nitrogens with zero attached hydrogens (tertiary/aromatic N) is 1. The van der Waals surface area contributed by atoms with Crippen molar-refractivity contribution in [2.24, 2.45) is 0 Å². The zero-order chi connectivity index (χ0) is 7.84. The predicted molar refractivity (Wildman–Crippen MR) is 46.7 cm³/mol. The van der Waals surface area contributed by atoms with E-state index in [1.165, 1.54) is 6.39 Å². The molecule has 0 aliphatic rings. The Hall–Kier alpha value is -0.540. The average molecular weight is 232 g/mol. The Balaban J connectivity index is 2.91. The molecule has 0 unspecified atom stereocenters. The highest BCUT2D eigenvalue weighted by atomic mass is 79.9. The van der Waals surface area contributed by atoms with Gasteiger partial charge in [0.25, 0.3) is 0 Å². The van der Waals surface area contributed by atoms with Crippen LogP contribution in [0.15, 0.2) is 27.4 Å². The Kier molecular flexibility index (Phi) is 1.62. The molecule has 0 spiro atoms. The van der Waals surface area contributed by atoms with E-state index in [0.29, 0.717) is 16.1 Å². The fourth-order valence-corrected chi connectivity index (χ4v) is 1.72. The van der Waals surface area contributed by atoms with Crippen molar-refractivity contribution >= 4 is 38.6 Å². The highest BCUT2D eigenvalue weighted by Gasteiger charge is 2.03. The number of halogens is 2. The van der Waals surface area contributed by atoms with E-state index >= 15 is 0 Å². The molecule has 0 aliphatic carbocycles. The minimum Gasteiger partial charge on any atom is -0.443 e. The molecule has 1 aromatic carbocycles. The van der Waals surface area contributed by atoms with Crippen LogP contribution < -0.4 is 0 Å². The number of aromatic nitrogens is 1. The van der Waals surface area contributed by atoms with E-state index in [1.54, 1.807) is 6.07 Å². The second-order valence-electron chi connectivity index (χ2n) is 2.09. The summed E-state index contributed by atoms with van der Waals surface area (Å²) < 4.78 is 5.95. The molecule has 11 heavy (non-hydrogen) atoms. The standard InChI is InChI=1S/C7H3BrClNO/c8-4-1-5(9)7-6(2-4)11-3-10-7/h1-3H. The second-order valence-corrected chi connectivity index (χ2v) is 3.41. The lowest BCUT2D eigenvalue weighted by atomic mass is 10.3. The van der Waals surface area contributed by atoms with E-state index in [-0.39, 0.29) is 0 Å². The molecule has 1 aromatic heterocycles. The Morgan fingerprint density at radius 1 is 1.45 bits per heavy atom. The summed E-state index contributed by atoms with van der Waals surface area (Å²) in [6.07, 6.45) is 1.38. The van der Waals surface area contributed by atoms with Gasteiger partial charge in [-0.15, -0.1) is 0 Å². The molecular weight excluding hydrogens is 229 g/mol. The molecule has 0 radical (unpaired) electrons. The monoisotopic (exact) mass is 231 g/mol. The summed E-state index contributed by atoms with van der Waals surface area (Å²) in [5, 5.41) is 0.600. The van der Waals surface area contributed by atoms with E-state index in [1.807, 2.05) is 6.07 Å². The first-order valence-corrected chi connectivity index (χ1v) is 4.13. The lowest BCUT2D eigenvalue weighted by Crippen LogP contribution is -1.70. The van der Waals surface area contributed by atoms with Crippen LogP contribution in [0.1, 0.15) is 0 Å². The first-order valence-electron chi connectivity index (χ1n) is 2.95. The summed E-state index contributed by atoms with van der Waals surface area (Å²) >= 11 is 9.15. The van der Waals surface area contributed by atoms with E-state index in [0.717, 1.165) is 4.47 Å². The van der Waals surface area contributed by atoms with Crippen molar-refractivity contribution in [2.75, 3.05) is 0 Å². The van der Waals surface area contributed by atoms with Gasteiger partial charge in [0, 0.05) is 4.47 Å². The van der Waals surface area contributed by atoms with Crippen LogP contribution in [0.4, 0.5) is 0 Å². The lowest BCUT2D eigenvalue weighted by Gasteiger charge is -1.91. The largest absolute Gasteiger partial charge is 0.443 e. The van der Waals surface area contributed by atoms with Crippen molar-refractivity contribution in [3.05, 3.63) is 28.0 Å². The third kappa shape index (κ3) is 1.14. The van der Waals surface area contributed by atoms with Crippen molar-refractivity contribution in [1.29, 1.82) is 0 Å². The van der Waals surface area contributed by atoms with E-state index in [9.17, 15) is 0 Å². The van der Waals surface area contributed by atoms with Gasteiger partial charge in [0.05, 0.1) is 5.02 Å². The molecule has 1 heterocycles. The maximum Gasteiger partial charge on any atom is 0.182 e. The van der Waals surface area contributed by atoms with Crippen LogP contribution in [0.3, 0.4) is 0 Å². The molecule has 0 fully saturated rings. The van der Waals surface area contributed by atoms with Crippen molar-refractivity contribution in [2.45, 2.75) is 0 Å². The molecule has 0 N–H and O–H groups in total. The van der Waals surface area contributed by atoms with E-state index in [4.69, 9.17) is 16.0 Å². The molecule has 0 saturated heterocycles. The van der Waals surface area contributed by atoms with Gasteiger partial charge in [-0.25, -0.2) is 4.98 Å². The van der Waals surface area contributed by atoms with Gasteiger partial charge in [-0.2, -0.15) is 0 Å². The minimum absolute atomic E-state index is 0.600. The van der Waals surface area contributed by atoms with Gasteiger partial charge in [-0.1, -0.05) is 27.5 Å². The Bertz CT molecular complexity index is 398. The smallest absolute Gasteiger partial charge is 0.182 e. The Morgan fingerprint density at radius 2 is 2.27 bits per heavy atom. The van der Waals surface area contributed by atoms with Gasteiger partial charge in [-0.3, -0.25) is 0 Å². The first kappa shape index (κ1) is 7.13. The summed E-state index contributed by atoms with van der Waals surface area (Å²) in [6.45, 7) is 0. The molecule has 2 rings (SSSR count). The molecule has 0 bridgehead atoms. The summed E-state index contributed by atoms with van der Waals surface area (Å²) in [7, 11) is 0. The lowest BCUT2D eigenvalue weighted by molar-refractivity contribution is 0.602. The maximum absolute atomic E-state index is 5.85. The quantitative estimate of drug-likeness (QED) is 0.697. The van der Waals surface area contributed by atoms with Gasteiger partial charge >= 0.3 is 0 Å². The van der Waals surface area contributed by atoms with E-state index < -0.39 is 0 Å². The van der Waals surface area contributed by atoms with Crippen molar-refractivity contribution in [3.63, 3.8) is 0 Å². The number of benzene rings is 1. The van der Waals surface area contributed by atoms with Gasteiger partial charge < -0.3 is 4.42 Å². The van der Waals surface area contributed by atoms with Crippen LogP contribution in [0.5, 0.6) is 0 Å². The van der Waals surface area contributed by atoms with Crippen LogP contribution in [0.2, 0.25) is 5.02 Å². The van der Waals surface area contributed by atoms with Crippen LogP contribution in [0, 0.1) is 0 Å². The Morgan fingerprint density at radius 3 is 3.09 bits per heavy atom. The molecule has 56 valence electrons. The molecule has 4 heteroatoms. The number of rotatable bonds is 0. The third-order valence-corrected chi connectivity index (χ3v) is 2.10. The van der Waals surface area contributed by atoms with Crippen LogP contribution in [-0.4, -0.2) is 4.98 Å².